The van der Waals surface area contributed by atoms with Gasteiger partial charge in [-0.15, -0.1) is 11.8 Å². The van der Waals surface area contributed by atoms with Crippen LogP contribution in [-0.2, 0) is 6.42 Å². The van der Waals surface area contributed by atoms with Crippen LogP contribution in [0.5, 0.6) is 0 Å². The van der Waals surface area contributed by atoms with Crippen molar-refractivity contribution >= 4 is 23.4 Å². The van der Waals surface area contributed by atoms with E-state index in [4.69, 9.17) is 11.6 Å². The molecule has 0 heterocycles. The first-order chi connectivity index (χ1) is 10.1. The van der Waals surface area contributed by atoms with Gasteiger partial charge in [-0.05, 0) is 49.4 Å². The number of benzene rings is 2. The zero-order chi connectivity index (χ0) is 15.2. The molecule has 0 saturated carbocycles. The van der Waals surface area contributed by atoms with Gasteiger partial charge in [0.2, 0.25) is 0 Å². The minimum atomic E-state index is -0.539. The van der Waals surface area contributed by atoms with Gasteiger partial charge in [0, 0.05) is 27.8 Å². The molecule has 112 valence electrons. The minimum absolute atomic E-state index is 0.121. The Labute approximate surface area is 132 Å². The number of rotatable bonds is 6. The standard InChI is InChI=1S/C16H16ClF2NS/c1-20-15(7-11-5-13(18)9-14(19)6-11)10-21-16-4-2-3-12(17)8-16/h2-6,8-9,15,20H,7,10H2,1H3. The van der Waals surface area contributed by atoms with Crippen LogP contribution in [-0.4, -0.2) is 18.8 Å². The summed E-state index contributed by atoms with van der Waals surface area (Å²) in [4.78, 5) is 1.08. The van der Waals surface area contributed by atoms with Gasteiger partial charge in [-0.2, -0.15) is 0 Å². The lowest BCUT2D eigenvalue weighted by molar-refractivity contribution is 0.569. The molecular formula is C16H16ClF2NS. The average molecular weight is 328 g/mol. The summed E-state index contributed by atoms with van der Waals surface area (Å²) in [6, 6.07) is 11.4. The topological polar surface area (TPSA) is 12.0 Å². The Balaban J connectivity index is 1.96. The van der Waals surface area contributed by atoms with Crippen LogP contribution in [0.1, 0.15) is 5.56 Å². The lowest BCUT2D eigenvalue weighted by Gasteiger charge is -2.16. The smallest absolute Gasteiger partial charge is 0.126 e. The molecule has 1 N–H and O–H groups in total. The van der Waals surface area contributed by atoms with Crippen molar-refractivity contribution in [1.29, 1.82) is 0 Å². The van der Waals surface area contributed by atoms with Gasteiger partial charge in [0.25, 0.3) is 0 Å². The fraction of sp³-hybridized carbons (Fsp3) is 0.250. The molecule has 2 rings (SSSR count). The normalized spacial score (nSPS) is 12.4. The zero-order valence-electron chi connectivity index (χ0n) is 11.6. The molecule has 0 aliphatic heterocycles. The molecule has 0 aliphatic carbocycles. The van der Waals surface area contributed by atoms with E-state index in [9.17, 15) is 8.78 Å². The van der Waals surface area contributed by atoms with Crippen molar-refractivity contribution in [2.75, 3.05) is 12.8 Å². The van der Waals surface area contributed by atoms with E-state index < -0.39 is 11.6 Å². The number of hydrogen-bond donors (Lipinski definition) is 1. The van der Waals surface area contributed by atoms with Crippen molar-refractivity contribution in [2.24, 2.45) is 0 Å². The largest absolute Gasteiger partial charge is 0.316 e. The van der Waals surface area contributed by atoms with Gasteiger partial charge in [-0.25, -0.2) is 8.78 Å². The highest BCUT2D eigenvalue weighted by Crippen LogP contribution is 2.23. The first-order valence-electron chi connectivity index (χ1n) is 6.57. The van der Waals surface area contributed by atoms with Gasteiger partial charge in [0.1, 0.15) is 11.6 Å². The van der Waals surface area contributed by atoms with E-state index >= 15 is 0 Å². The van der Waals surface area contributed by atoms with Crippen LogP contribution < -0.4 is 5.32 Å². The Hall–Kier alpha value is -1.10. The van der Waals surface area contributed by atoms with E-state index in [-0.39, 0.29) is 6.04 Å². The maximum atomic E-state index is 13.2. The highest BCUT2D eigenvalue weighted by molar-refractivity contribution is 7.99. The summed E-state index contributed by atoms with van der Waals surface area (Å²) in [6.45, 7) is 0. The quantitative estimate of drug-likeness (QED) is 0.782. The summed E-state index contributed by atoms with van der Waals surface area (Å²) >= 11 is 7.61. The first-order valence-corrected chi connectivity index (χ1v) is 7.94. The molecule has 0 amide bonds. The van der Waals surface area contributed by atoms with Gasteiger partial charge in [0.05, 0.1) is 0 Å². The van der Waals surface area contributed by atoms with Crippen molar-refractivity contribution in [2.45, 2.75) is 17.4 Å². The third-order valence-electron chi connectivity index (χ3n) is 3.06. The number of hydrogen-bond acceptors (Lipinski definition) is 2. The Morgan fingerprint density at radius 1 is 1.14 bits per heavy atom. The van der Waals surface area contributed by atoms with Gasteiger partial charge in [-0.1, -0.05) is 17.7 Å². The van der Waals surface area contributed by atoms with Gasteiger partial charge in [-0.3, -0.25) is 0 Å². The molecule has 2 aromatic rings. The van der Waals surface area contributed by atoms with E-state index in [0.29, 0.717) is 17.0 Å². The Morgan fingerprint density at radius 3 is 2.48 bits per heavy atom. The maximum Gasteiger partial charge on any atom is 0.126 e. The molecule has 1 nitrogen and oxygen atoms in total. The van der Waals surface area contributed by atoms with Crippen LogP contribution in [0.2, 0.25) is 5.02 Å². The zero-order valence-corrected chi connectivity index (χ0v) is 13.1. The Morgan fingerprint density at radius 2 is 1.86 bits per heavy atom. The highest BCUT2D eigenvalue weighted by atomic mass is 35.5. The molecule has 1 atom stereocenters. The molecule has 0 aliphatic rings. The maximum absolute atomic E-state index is 13.2. The Bertz CT molecular complexity index is 586. The number of nitrogens with one attached hydrogen (secondary N) is 1. The summed E-state index contributed by atoms with van der Waals surface area (Å²) in [7, 11) is 1.85. The number of thioether (sulfide) groups is 1. The fourth-order valence-electron chi connectivity index (χ4n) is 2.01. The minimum Gasteiger partial charge on any atom is -0.316 e. The second-order valence-electron chi connectivity index (χ2n) is 4.74. The second kappa shape index (κ2) is 7.78. The molecule has 21 heavy (non-hydrogen) atoms. The van der Waals surface area contributed by atoms with Crippen molar-refractivity contribution in [1.82, 2.24) is 5.32 Å². The summed E-state index contributed by atoms with van der Waals surface area (Å²) in [5.74, 6) is -0.292. The Kier molecular flexibility index (Phi) is 6.03. The van der Waals surface area contributed by atoms with Crippen molar-refractivity contribution in [3.63, 3.8) is 0 Å². The van der Waals surface area contributed by atoms with Gasteiger partial charge >= 0.3 is 0 Å². The number of halogens is 3. The molecule has 0 bridgehead atoms. The molecule has 0 aromatic heterocycles. The first kappa shape index (κ1) is 16.3. The SMILES string of the molecule is CNC(CSc1cccc(Cl)c1)Cc1cc(F)cc(F)c1. The lowest BCUT2D eigenvalue weighted by Crippen LogP contribution is -2.30. The highest BCUT2D eigenvalue weighted by Gasteiger charge is 2.10. The van der Waals surface area contributed by atoms with Crippen molar-refractivity contribution in [3.05, 3.63) is 64.7 Å². The van der Waals surface area contributed by atoms with Crippen LogP contribution in [0.3, 0.4) is 0 Å². The van der Waals surface area contributed by atoms with E-state index in [1.54, 1.807) is 11.8 Å². The third kappa shape index (κ3) is 5.30. The van der Waals surface area contributed by atoms with Crippen LogP contribution in [0, 0.1) is 11.6 Å². The van der Waals surface area contributed by atoms with Crippen LogP contribution in [0.25, 0.3) is 0 Å². The molecule has 0 saturated heterocycles. The predicted octanol–water partition coefficient (Wildman–Crippen LogP) is 4.54. The molecule has 0 radical (unpaired) electrons. The summed E-state index contributed by atoms with van der Waals surface area (Å²) in [5.41, 5.74) is 0.651. The predicted molar refractivity (Wildman–Crippen MR) is 85.1 cm³/mol. The molecule has 2 aromatic carbocycles. The van der Waals surface area contributed by atoms with Crippen LogP contribution in [0.4, 0.5) is 8.78 Å². The summed E-state index contributed by atoms with van der Waals surface area (Å²) in [5, 5.41) is 3.88. The van der Waals surface area contributed by atoms with Crippen LogP contribution in [0.15, 0.2) is 47.4 Å². The lowest BCUT2D eigenvalue weighted by atomic mass is 10.1. The van der Waals surface area contributed by atoms with Crippen molar-refractivity contribution in [3.8, 4) is 0 Å². The van der Waals surface area contributed by atoms with Gasteiger partial charge < -0.3 is 5.32 Å². The monoisotopic (exact) mass is 327 g/mol. The molecule has 1 unspecified atom stereocenters. The van der Waals surface area contributed by atoms with E-state index in [0.717, 1.165) is 16.7 Å². The molecule has 5 heteroatoms. The van der Waals surface area contributed by atoms with Crippen molar-refractivity contribution < 1.29 is 8.78 Å². The summed E-state index contributed by atoms with van der Waals surface area (Å²) < 4.78 is 26.4. The second-order valence-corrected chi connectivity index (χ2v) is 6.27. The van der Waals surface area contributed by atoms with E-state index in [2.05, 4.69) is 5.32 Å². The van der Waals surface area contributed by atoms with Crippen LogP contribution >= 0.6 is 23.4 Å². The number of likely N-dealkylation sites (N-methyl/N-ethyl adjacent to an activating group) is 1. The van der Waals surface area contributed by atoms with E-state index in [1.165, 1.54) is 12.1 Å². The molecular weight excluding hydrogens is 312 g/mol. The fourth-order valence-corrected chi connectivity index (χ4v) is 3.33. The van der Waals surface area contributed by atoms with Gasteiger partial charge in [0.15, 0.2) is 0 Å². The van der Waals surface area contributed by atoms with E-state index in [1.807, 2.05) is 31.3 Å². The molecule has 0 spiro atoms. The molecule has 0 fully saturated rings. The third-order valence-corrected chi connectivity index (χ3v) is 4.45. The average Bonchev–Trinajstić information content (AvgIpc) is 2.42. The summed E-state index contributed by atoms with van der Waals surface area (Å²) in [6.07, 6.45) is 0.568.